The van der Waals surface area contributed by atoms with Crippen molar-refractivity contribution < 1.29 is 14.3 Å². The Labute approximate surface area is 218 Å². The van der Waals surface area contributed by atoms with Gasteiger partial charge in [-0.25, -0.2) is 4.79 Å². The highest BCUT2D eigenvalue weighted by atomic mass is 35.5. The molecule has 0 aliphatic rings. The molecule has 1 amide bonds. The third kappa shape index (κ3) is 5.06. The van der Waals surface area contributed by atoms with Crippen molar-refractivity contribution in [1.29, 1.82) is 5.26 Å². The Balaban J connectivity index is 1.69. The molecule has 0 fully saturated rings. The average Bonchev–Trinajstić information content (AvgIpc) is 3.35. The molecule has 0 saturated heterocycles. The molecule has 0 spiro atoms. The number of para-hydroxylation sites is 1. The Bertz CT molecular complexity index is 1540. The van der Waals surface area contributed by atoms with Gasteiger partial charge in [-0.2, -0.15) is 5.26 Å². The van der Waals surface area contributed by atoms with E-state index in [1.54, 1.807) is 13.0 Å². The van der Waals surface area contributed by atoms with Gasteiger partial charge in [-0.1, -0.05) is 48.0 Å². The van der Waals surface area contributed by atoms with E-state index >= 15 is 0 Å². The first-order valence-electron chi connectivity index (χ1n) is 11.4. The number of nitrogens with one attached hydrogen (secondary N) is 1. The van der Waals surface area contributed by atoms with Crippen LogP contribution in [0.2, 0.25) is 5.02 Å². The Morgan fingerprint density at radius 1 is 1.17 bits per heavy atom. The van der Waals surface area contributed by atoms with E-state index in [0.717, 1.165) is 32.5 Å². The van der Waals surface area contributed by atoms with Gasteiger partial charge in [0.1, 0.15) is 16.6 Å². The van der Waals surface area contributed by atoms with Gasteiger partial charge in [0.2, 0.25) is 0 Å². The maximum atomic E-state index is 13.1. The zero-order chi connectivity index (χ0) is 25.8. The average molecular weight is 518 g/mol. The summed E-state index contributed by atoms with van der Waals surface area (Å²) in [7, 11) is 0. The number of hydrogen-bond donors (Lipinski definition) is 1. The molecule has 0 atom stereocenters. The van der Waals surface area contributed by atoms with Crippen molar-refractivity contribution in [3.05, 3.63) is 92.5 Å². The maximum Gasteiger partial charge on any atom is 0.341 e. The summed E-state index contributed by atoms with van der Waals surface area (Å²) in [6.07, 6.45) is 3.47. The van der Waals surface area contributed by atoms with Gasteiger partial charge >= 0.3 is 5.97 Å². The van der Waals surface area contributed by atoms with Crippen molar-refractivity contribution >= 4 is 56.8 Å². The van der Waals surface area contributed by atoms with E-state index < -0.39 is 11.9 Å². The van der Waals surface area contributed by atoms with Crippen LogP contribution in [0.1, 0.15) is 38.8 Å². The Kier molecular flexibility index (Phi) is 7.58. The summed E-state index contributed by atoms with van der Waals surface area (Å²) in [5.41, 5.74) is 3.64. The molecule has 0 aliphatic carbocycles. The van der Waals surface area contributed by atoms with Crippen molar-refractivity contribution in [3.8, 4) is 6.07 Å². The number of aromatic nitrogens is 1. The maximum absolute atomic E-state index is 13.1. The van der Waals surface area contributed by atoms with E-state index in [-0.39, 0.29) is 12.2 Å². The van der Waals surface area contributed by atoms with Gasteiger partial charge in [0, 0.05) is 39.1 Å². The summed E-state index contributed by atoms with van der Waals surface area (Å²) in [4.78, 5) is 26.5. The number of hydrogen-bond acceptors (Lipinski definition) is 5. The lowest BCUT2D eigenvalue weighted by atomic mass is 10.1. The molecule has 36 heavy (non-hydrogen) atoms. The van der Waals surface area contributed by atoms with Crippen LogP contribution in [0.3, 0.4) is 0 Å². The van der Waals surface area contributed by atoms with Crippen LogP contribution in [0.15, 0.2) is 60.3 Å². The fourth-order valence-electron chi connectivity index (χ4n) is 3.97. The van der Waals surface area contributed by atoms with Gasteiger partial charge < -0.3 is 14.6 Å². The van der Waals surface area contributed by atoms with Gasteiger partial charge in [0.05, 0.1) is 12.2 Å². The van der Waals surface area contributed by atoms with Gasteiger partial charge in [-0.3, -0.25) is 4.79 Å². The number of nitrogens with zero attached hydrogens (tertiary/aromatic N) is 2. The van der Waals surface area contributed by atoms with Crippen LogP contribution >= 0.6 is 22.9 Å². The van der Waals surface area contributed by atoms with E-state index in [1.807, 2.05) is 79.2 Å². The second-order valence-corrected chi connectivity index (χ2v) is 9.78. The molecule has 2 aromatic heterocycles. The van der Waals surface area contributed by atoms with Crippen LogP contribution in [0, 0.1) is 25.2 Å². The third-order valence-corrected chi connectivity index (χ3v) is 7.37. The zero-order valence-corrected chi connectivity index (χ0v) is 21.7. The van der Waals surface area contributed by atoms with Crippen molar-refractivity contribution in [2.75, 3.05) is 11.9 Å². The number of aryl methyl sites for hydroxylation is 1. The SMILES string of the molecule is CCOC(=O)c1c(NC(=O)/C(C#N)=C/c2cn(Cc3ccccc3Cl)c3ccccc23)sc(C)c1C. The van der Waals surface area contributed by atoms with E-state index in [4.69, 9.17) is 16.3 Å². The first kappa shape index (κ1) is 25.2. The number of amides is 1. The Morgan fingerprint density at radius 3 is 2.61 bits per heavy atom. The fraction of sp³-hybridized carbons (Fsp3) is 0.179. The van der Waals surface area contributed by atoms with Crippen molar-refractivity contribution in [3.63, 3.8) is 0 Å². The van der Waals surface area contributed by atoms with Crippen molar-refractivity contribution in [1.82, 2.24) is 4.57 Å². The van der Waals surface area contributed by atoms with Gasteiger partial charge in [-0.15, -0.1) is 11.3 Å². The van der Waals surface area contributed by atoms with Crippen molar-refractivity contribution in [2.45, 2.75) is 27.3 Å². The fourth-order valence-corrected chi connectivity index (χ4v) is 5.21. The molecule has 0 bridgehead atoms. The monoisotopic (exact) mass is 517 g/mol. The number of anilines is 1. The number of benzene rings is 2. The smallest absolute Gasteiger partial charge is 0.341 e. The van der Waals surface area contributed by atoms with Gasteiger partial charge in [-0.05, 0) is 50.1 Å². The molecule has 6 nitrogen and oxygen atoms in total. The molecule has 8 heteroatoms. The number of carbonyl (C=O) groups is 2. The van der Waals surface area contributed by atoms with Crippen LogP contribution in [0.4, 0.5) is 5.00 Å². The third-order valence-electron chi connectivity index (χ3n) is 5.87. The molecule has 2 heterocycles. The lowest BCUT2D eigenvalue weighted by Crippen LogP contribution is -2.16. The molecule has 0 aliphatic heterocycles. The molecule has 0 radical (unpaired) electrons. The summed E-state index contributed by atoms with van der Waals surface area (Å²) in [6, 6.07) is 17.4. The minimum Gasteiger partial charge on any atom is -0.462 e. The zero-order valence-electron chi connectivity index (χ0n) is 20.1. The summed E-state index contributed by atoms with van der Waals surface area (Å²) < 4.78 is 7.20. The second-order valence-electron chi connectivity index (χ2n) is 8.15. The molecule has 4 rings (SSSR count). The van der Waals surface area contributed by atoms with Crippen LogP contribution in [0.25, 0.3) is 17.0 Å². The summed E-state index contributed by atoms with van der Waals surface area (Å²) in [5.74, 6) is -1.09. The van der Waals surface area contributed by atoms with Crippen LogP contribution in [-0.4, -0.2) is 23.1 Å². The molecule has 2 aromatic carbocycles. The predicted octanol–water partition coefficient (Wildman–Crippen LogP) is 6.74. The molecule has 182 valence electrons. The lowest BCUT2D eigenvalue weighted by molar-refractivity contribution is -0.112. The predicted molar refractivity (Wildman–Crippen MR) is 144 cm³/mol. The number of esters is 1. The minimum absolute atomic E-state index is 0.0749. The van der Waals surface area contributed by atoms with E-state index in [2.05, 4.69) is 5.32 Å². The Hall–Kier alpha value is -3.86. The van der Waals surface area contributed by atoms with Crippen LogP contribution in [0.5, 0.6) is 0 Å². The Morgan fingerprint density at radius 2 is 1.89 bits per heavy atom. The van der Waals surface area contributed by atoms with Gasteiger partial charge in [0.25, 0.3) is 5.91 Å². The van der Waals surface area contributed by atoms with E-state index in [0.29, 0.717) is 22.1 Å². The minimum atomic E-state index is -0.591. The molecular weight excluding hydrogens is 494 g/mol. The van der Waals surface area contributed by atoms with Crippen LogP contribution < -0.4 is 5.32 Å². The molecule has 1 N–H and O–H groups in total. The number of fused-ring (bicyclic) bond motifs is 1. The number of carbonyl (C=O) groups excluding carboxylic acids is 2. The number of halogens is 1. The molecule has 4 aromatic rings. The molecular formula is C28H24ClN3O3S. The lowest BCUT2D eigenvalue weighted by Gasteiger charge is -2.07. The standard InChI is InChI=1S/C28H24ClN3O3S/c1-4-35-28(34)25-17(2)18(3)36-27(25)31-26(33)20(14-30)13-21-16-32(24-12-8-6-10-22(21)24)15-19-9-5-7-11-23(19)29/h5-13,16H,4,15H2,1-3H3,(H,31,33)/b20-13+. The first-order chi connectivity index (χ1) is 17.3. The highest BCUT2D eigenvalue weighted by molar-refractivity contribution is 7.16. The molecule has 0 saturated carbocycles. The summed E-state index contributed by atoms with van der Waals surface area (Å²) in [5, 5.41) is 14.5. The highest BCUT2D eigenvalue weighted by Crippen LogP contribution is 2.33. The largest absolute Gasteiger partial charge is 0.462 e. The summed E-state index contributed by atoms with van der Waals surface area (Å²) >= 11 is 7.65. The topological polar surface area (TPSA) is 84.1 Å². The number of thiophene rings is 1. The number of rotatable bonds is 7. The highest BCUT2D eigenvalue weighted by Gasteiger charge is 2.23. The quantitative estimate of drug-likeness (QED) is 0.167. The van der Waals surface area contributed by atoms with Crippen LogP contribution in [-0.2, 0) is 16.1 Å². The molecule has 0 unspecified atom stereocenters. The summed E-state index contributed by atoms with van der Waals surface area (Å²) in [6.45, 7) is 6.17. The van der Waals surface area contributed by atoms with Gasteiger partial charge in [0.15, 0.2) is 0 Å². The second kappa shape index (κ2) is 10.8. The van der Waals surface area contributed by atoms with E-state index in [1.165, 1.54) is 11.3 Å². The number of nitriles is 1. The van der Waals surface area contributed by atoms with Crippen molar-refractivity contribution in [2.24, 2.45) is 0 Å². The first-order valence-corrected chi connectivity index (χ1v) is 12.5. The van der Waals surface area contributed by atoms with E-state index in [9.17, 15) is 14.9 Å². The normalized spacial score (nSPS) is 11.4. The number of ether oxygens (including phenoxy) is 1.